The zero-order valence-electron chi connectivity index (χ0n) is 15.7. The first-order valence-electron chi connectivity index (χ1n) is 8.99. The zero-order valence-corrected chi connectivity index (χ0v) is 16.5. The van der Waals surface area contributed by atoms with Crippen LogP contribution in [0.3, 0.4) is 0 Å². The molecule has 0 aliphatic carbocycles. The lowest BCUT2D eigenvalue weighted by Gasteiger charge is -2.17. The molecule has 28 heavy (non-hydrogen) atoms. The molecule has 1 unspecified atom stereocenters. The first kappa shape index (κ1) is 19.8. The molecule has 0 saturated carbocycles. The molecule has 1 aliphatic heterocycles. The maximum atomic E-state index is 12.3. The summed E-state index contributed by atoms with van der Waals surface area (Å²) >= 11 is 1.23. The largest absolute Gasteiger partial charge is 0.466 e. The van der Waals surface area contributed by atoms with Gasteiger partial charge in [-0.15, -0.1) is 11.3 Å². The number of anilines is 2. The maximum absolute atomic E-state index is 12.3. The minimum absolute atomic E-state index is 0.0277. The number of aromatic nitrogens is 1. The number of rotatable bonds is 6. The average molecular weight is 402 g/mol. The highest BCUT2D eigenvalue weighted by Crippen LogP contribution is 2.22. The van der Waals surface area contributed by atoms with Crippen LogP contribution in [-0.4, -0.2) is 42.1 Å². The number of aryl methyl sites for hydroxylation is 1. The molecule has 1 saturated heterocycles. The molecule has 8 nitrogen and oxygen atoms in total. The van der Waals surface area contributed by atoms with Crippen LogP contribution in [0.2, 0.25) is 0 Å². The third-order valence-corrected chi connectivity index (χ3v) is 5.02. The first-order valence-corrected chi connectivity index (χ1v) is 9.87. The molecule has 3 rings (SSSR count). The Labute approximate surface area is 166 Å². The van der Waals surface area contributed by atoms with E-state index < -0.39 is 6.03 Å². The van der Waals surface area contributed by atoms with Crippen LogP contribution in [0.4, 0.5) is 15.6 Å². The van der Waals surface area contributed by atoms with Gasteiger partial charge in [-0.2, -0.15) is 0 Å². The van der Waals surface area contributed by atoms with E-state index in [1.807, 2.05) is 31.2 Å². The number of hydrogen-bond acceptors (Lipinski definition) is 6. The van der Waals surface area contributed by atoms with Crippen LogP contribution >= 0.6 is 11.3 Å². The molecule has 3 amide bonds. The normalized spacial score (nSPS) is 16.1. The van der Waals surface area contributed by atoms with Gasteiger partial charge in [0.1, 0.15) is 0 Å². The second-order valence-corrected chi connectivity index (χ2v) is 7.32. The van der Waals surface area contributed by atoms with Gasteiger partial charge in [0, 0.05) is 24.0 Å². The third kappa shape index (κ3) is 5.07. The Bertz CT molecular complexity index is 865. The standard InChI is InChI=1S/C19H22N4O4S/c1-3-27-17(25)9-14-11-28-19(21-14)22-18(26)20-13-8-16(24)23(10-13)15-6-4-12(2)5-7-15/h4-7,11,13H,3,8-10H2,1-2H3,(H2,20,21,22,26). The van der Waals surface area contributed by atoms with Crippen LogP contribution in [0.25, 0.3) is 0 Å². The fraction of sp³-hybridized carbons (Fsp3) is 0.368. The predicted octanol–water partition coefficient (Wildman–Crippen LogP) is 2.48. The van der Waals surface area contributed by atoms with Crippen molar-refractivity contribution in [3.63, 3.8) is 0 Å². The summed E-state index contributed by atoms with van der Waals surface area (Å²) in [6.45, 7) is 4.46. The highest BCUT2D eigenvalue weighted by atomic mass is 32.1. The summed E-state index contributed by atoms with van der Waals surface area (Å²) in [5.74, 6) is -0.385. The minimum atomic E-state index is -0.430. The van der Waals surface area contributed by atoms with Crippen LogP contribution < -0.4 is 15.5 Å². The predicted molar refractivity (Wildman–Crippen MR) is 107 cm³/mol. The van der Waals surface area contributed by atoms with Gasteiger partial charge in [0.05, 0.1) is 24.8 Å². The number of thiazole rings is 1. The fourth-order valence-electron chi connectivity index (χ4n) is 2.90. The molecule has 148 valence electrons. The summed E-state index contributed by atoms with van der Waals surface area (Å²) in [4.78, 5) is 41.8. The second-order valence-electron chi connectivity index (χ2n) is 6.47. The smallest absolute Gasteiger partial charge is 0.321 e. The monoisotopic (exact) mass is 402 g/mol. The Morgan fingerprint density at radius 2 is 2.07 bits per heavy atom. The Kier molecular flexibility index (Phi) is 6.25. The molecule has 0 bridgehead atoms. The first-order chi connectivity index (χ1) is 13.4. The van der Waals surface area contributed by atoms with Gasteiger partial charge in [0.2, 0.25) is 5.91 Å². The van der Waals surface area contributed by atoms with Gasteiger partial charge < -0.3 is 15.0 Å². The van der Waals surface area contributed by atoms with Crippen LogP contribution in [0.1, 0.15) is 24.6 Å². The van der Waals surface area contributed by atoms with Crippen molar-refractivity contribution >= 4 is 40.1 Å². The van der Waals surface area contributed by atoms with Gasteiger partial charge in [-0.05, 0) is 26.0 Å². The topological polar surface area (TPSA) is 101 Å². The van der Waals surface area contributed by atoms with Crippen LogP contribution in [-0.2, 0) is 20.7 Å². The van der Waals surface area contributed by atoms with Crippen molar-refractivity contribution in [2.24, 2.45) is 0 Å². The summed E-state index contributed by atoms with van der Waals surface area (Å²) in [5, 5.41) is 7.53. The van der Waals surface area contributed by atoms with E-state index in [4.69, 9.17) is 4.74 Å². The van der Waals surface area contributed by atoms with Crippen molar-refractivity contribution in [2.75, 3.05) is 23.4 Å². The molecule has 1 fully saturated rings. The quantitative estimate of drug-likeness (QED) is 0.723. The van der Waals surface area contributed by atoms with Gasteiger partial charge in [-0.1, -0.05) is 17.7 Å². The number of carbonyl (C=O) groups is 3. The lowest BCUT2D eigenvalue weighted by molar-refractivity contribution is -0.142. The van der Waals surface area contributed by atoms with E-state index in [9.17, 15) is 14.4 Å². The van der Waals surface area contributed by atoms with Gasteiger partial charge in [0.25, 0.3) is 0 Å². The zero-order chi connectivity index (χ0) is 20.1. The molecule has 1 atom stereocenters. The molecule has 9 heteroatoms. The van der Waals surface area contributed by atoms with Gasteiger partial charge in [-0.25, -0.2) is 9.78 Å². The number of amides is 3. The Balaban J connectivity index is 1.51. The van der Waals surface area contributed by atoms with Crippen molar-refractivity contribution in [1.82, 2.24) is 10.3 Å². The highest BCUT2D eigenvalue weighted by Gasteiger charge is 2.31. The number of benzene rings is 1. The molecule has 2 aromatic rings. The number of nitrogens with one attached hydrogen (secondary N) is 2. The van der Waals surface area contributed by atoms with E-state index in [2.05, 4.69) is 15.6 Å². The molecular weight excluding hydrogens is 380 g/mol. The molecule has 1 aromatic heterocycles. The van der Waals surface area contributed by atoms with E-state index in [1.54, 1.807) is 17.2 Å². The Hall–Kier alpha value is -2.94. The van der Waals surface area contributed by atoms with Crippen molar-refractivity contribution in [3.05, 3.63) is 40.9 Å². The molecule has 1 aromatic carbocycles. The molecule has 0 radical (unpaired) electrons. The van der Waals surface area contributed by atoms with Crippen molar-refractivity contribution in [2.45, 2.75) is 32.7 Å². The summed E-state index contributed by atoms with van der Waals surface area (Å²) in [6.07, 6.45) is 0.309. The maximum Gasteiger partial charge on any atom is 0.321 e. The lowest BCUT2D eigenvalue weighted by Crippen LogP contribution is -2.39. The minimum Gasteiger partial charge on any atom is -0.466 e. The van der Waals surface area contributed by atoms with E-state index >= 15 is 0 Å². The van der Waals surface area contributed by atoms with E-state index in [1.165, 1.54) is 11.3 Å². The number of nitrogens with zero attached hydrogens (tertiary/aromatic N) is 2. The summed E-state index contributed by atoms with van der Waals surface area (Å²) in [5.41, 5.74) is 2.49. The van der Waals surface area contributed by atoms with E-state index in [0.29, 0.717) is 24.0 Å². The van der Waals surface area contributed by atoms with E-state index in [0.717, 1.165) is 11.3 Å². The van der Waals surface area contributed by atoms with Gasteiger partial charge in [0.15, 0.2) is 5.13 Å². The molecule has 1 aliphatic rings. The Morgan fingerprint density at radius 1 is 1.32 bits per heavy atom. The summed E-state index contributed by atoms with van der Waals surface area (Å²) in [7, 11) is 0. The third-order valence-electron chi connectivity index (χ3n) is 4.21. The Morgan fingerprint density at radius 3 is 2.79 bits per heavy atom. The van der Waals surface area contributed by atoms with Crippen LogP contribution in [0.5, 0.6) is 0 Å². The molecule has 2 heterocycles. The number of carbonyl (C=O) groups excluding carboxylic acids is 3. The van der Waals surface area contributed by atoms with Crippen LogP contribution in [0, 0.1) is 6.92 Å². The van der Waals surface area contributed by atoms with E-state index in [-0.39, 0.29) is 30.8 Å². The van der Waals surface area contributed by atoms with Gasteiger partial charge >= 0.3 is 12.0 Å². The lowest BCUT2D eigenvalue weighted by atomic mass is 10.2. The fourth-order valence-corrected chi connectivity index (χ4v) is 3.61. The number of urea groups is 1. The summed E-state index contributed by atoms with van der Waals surface area (Å²) < 4.78 is 4.88. The number of ether oxygens (including phenoxy) is 1. The van der Waals surface area contributed by atoms with Crippen LogP contribution in [0.15, 0.2) is 29.6 Å². The van der Waals surface area contributed by atoms with Crippen molar-refractivity contribution in [1.29, 1.82) is 0 Å². The number of hydrogen-bond donors (Lipinski definition) is 2. The molecular formula is C19H22N4O4S. The SMILES string of the molecule is CCOC(=O)Cc1csc(NC(=O)NC2CC(=O)N(c3ccc(C)cc3)C2)n1. The average Bonchev–Trinajstić information content (AvgIpc) is 3.22. The van der Waals surface area contributed by atoms with Crippen molar-refractivity contribution in [3.8, 4) is 0 Å². The van der Waals surface area contributed by atoms with Crippen molar-refractivity contribution < 1.29 is 19.1 Å². The highest BCUT2D eigenvalue weighted by molar-refractivity contribution is 7.13. The number of esters is 1. The second kappa shape index (κ2) is 8.83. The molecule has 0 spiro atoms. The summed E-state index contributed by atoms with van der Waals surface area (Å²) in [6, 6.07) is 6.99. The molecule has 2 N–H and O–H groups in total. The van der Waals surface area contributed by atoms with Gasteiger partial charge in [-0.3, -0.25) is 14.9 Å².